The summed E-state index contributed by atoms with van der Waals surface area (Å²) in [7, 11) is 0. The van der Waals surface area contributed by atoms with E-state index in [4.69, 9.17) is 4.52 Å². The molecule has 0 aliphatic rings. The summed E-state index contributed by atoms with van der Waals surface area (Å²) in [5, 5.41) is 16.3. The number of nitrogens with zero attached hydrogens (tertiary/aromatic N) is 2. The first-order valence-electron chi connectivity index (χ1n) is 13.6. The quantitative estimate of drug-likeness (QED) is 0.199. The number of aromatic nitrogens is 2. The molecule has 0 spiro atoms. The monoisotopic (exact) mass is 563 g/mol. The molecule has 1 aromatic heterocycles. The molecule has 0 radical (unpaired) electrons. The molecule has 1 amide bonds. The van der Waals surface area contributed by atoms with E-state index >= 15 is 4.39 Å². The largest absolute Gasteiger partial charge is 0.480 e. The van der Waals surface area contributed by atoms with E-state index in [1.165, 1.54) is 17.7 Å². The van der Waals surface area contributed by atoms with E-state index in [0.29, 0.717) is 22.6 Å². The van der Waals surface area contributed by atoms with Gasteiger partial charge in [0.25, 0.3) is 11.8 Å². The fourth-order valence-corrected chi connectivity index (χ4v) is 4.59. The maximum absolute atomic E-state index is 15.1. The third-order valence-electron chi connectivity index (χ3n) is 7.08. The summed E-state index contributed by atoms with van der Waals surface area (Å²) >= 11 is 0. The van der Waals surface area contributed by atoms with Crippen molar-refractivity contribution in [3.05, 3.63) is 119 Å². The van der Waals surface area contributed by atoms with Crippen LogP contribution in [0.5, 0.6) is 0 Å². The first-order valence-corrected chi connectivity index (χ1v) is 13.6. The van der Waals surface area contributed by atoms with E-state index in [1.807, 2.05) is 49.4 Å². The van der Waals surface area contributed by atoms with E-state index in [9.17, 15) is 14.7 Å². The second-order valence-corrected chi connectivity index (χ2v) is 10.5. The van der Waals surface area contributed by atoms with Gasteiger partial charge in [0, 0.05) is 17.5 Å². The number of hydrogen-bond donors (Lipinski definition) is 2. The van der Waals surface area contributed by atoms with Crippen LogP contribution in [0.3, 0.4) is 0 Å². The molecule has 2 N–H and O–H groups in total. The number of amides is 1. The Morgan fingerprint density at radius 1 is 0.905 bits per heavy atom. The molecule has 5 aromatic rings. The lowest BCUT2D eigenvalue weighted by Gasteiger charge is -2.16. The minimum Gasteiger partial charge on any atom is -0.480 e. The van der Waals surface area contributed by atoms with Crippen molar-refractivity contribution in [1.82, 2.24) is 15.5 Å². The molecule has 1 atom stereocenters. The molecule has 0 saturated carbocycles. The highest BCUT2D eigenvalue weighted by Crippen LogP contribution is 2.26. The summed E-state index contributed by atoms with van der Waals surface area (Å²) in [5.41, 5.74) is 5.64. The van der Waals surface area contributed by atoms with Crippen LogP contribution in [0.1, 0.15) is 46.8 Å². The Morgan fingerprint density at radius 2 is 1.62 bits per heavy atom. The van der Waals surface area contributed by atoms with Crippen molar-refractivity contribution < 1.29 is 23.6 Å². The molecule has 0 unspecified atom stereocenters. The maximum Gasteiger partial charge on any atom is 0.326 e. The second kappa shape index (κ2) is 12.2. The standard InChI is InChI=1S/C34H30FN3O4/c1-20(2)23-12-14-24(15-13-23)26-5-4-6-27(19-26)32(39)36-30(34(40)41)18-22-9-16-28(29(35)17-22)31-37-33(42-38-31)25-10-7-21(3)8-11-25/h4-17,19-20,30H,18H2,1-3H3,(H,36,39)(H,40,41)/t30-/m1/s1. The van der Waals surface area contributed by atoms with Crippen molar-refractivity contribution in [1.29, 1.82) is 0 Å². The van der Waals surface area contributed by atoms with Gasteiger partial charge in [-0.05, 0) is 71.5 Å². The number of carboxylic acids is 1. The van der Waals surface area contributed by atoms with Gasteiger partial charge in [0.15, 0.2) is 0 Å². The number of aryl methyl sites for hydroxylation is 1. The van der Waals surface area contributed by atoms with Crippen LogP contribution < -0.4 is 5.32 Å². The van der Waals surface area contributed by atoms with E-state index in [1.54, 1.807) is 24.3 Å². The minimum absolute atomic E-state index is 0.0800. The van der Waals surface area contributed by atoms with Gasteiger partial charge in [0.1, 0.15) is 11.9 Å². The van der Waals surface area contributed by atoms with E-state index in [-0.39, 0.29) is 23.7 Å². The van der Waals surface area contributed by atoms with E-state index in [0.717, 1.165) is 16.7 Å². The molecular formula is C34H30FN3O4. The number of benzene rings is 4. The Labute approximate surface area is 243 Å². The predicted molar refractivity (Wildman–Crippen MR) is 158 cm³/mol. The van der Waals surface area contributed by atoms with Gasteiger partial charge >= 0.3 is 5.97 Å². The Hall–Kier alpha value is -5.11. The molecule has 42 heavy (non-hydrogen) atoms. The molecule has 4 aromatic carbocycles. The van der Waals surface area contributed by atoms with Gasteiger partial charge in [-0.2, -0.15) is 4.98 Å². The number of carbonyl (C=O) groups is 2. The lowest BCUT2D eigenvalue weighted by atomic mass is 9.97. The molecule has 1 heterocycles. The molecule has 212 valence electrons. The Balaban J connectivity index is 1.29. The zero-order valence-corrected chi connectivity index (χ0v) is 23.5. The van der Waals surface area contributed by atoms with Crippen LogP contribution in [0.15, 0.2) is 95.5 Å². The first-order chi connectivity index (χ1) is 20.2. The SMILES string of the molecule is Cc1ccc(-c2nc(-c3ccc(C[C@@H](NC(=O)c4cccc(-c5ccc(C(C)C)cc5)c4)C(=O)O)cc3F)no2)cc1. The van der Waals surface area contributed by atoms with Crippen molar-refractivity contribution in [3.8, 4) is 34.0 Å². The topological polar surface area (TPSA) is 105 Å². The number of carbonyl (C=O) groups excluding carboxylic acids is 1. The highest BCUT2D eigenvalue weighted by atomic mass is 19.1. The predicted octanol–water partition coefficient (Wildman–Crippen LogP) is 7.07. The summed E-state index contributed by atoms with van der Waals surface area (Å²) in [5.74, 6) is -1.64. The molecule has 5 rings (SSSR count). The maximum atomic E-state index is 15.1. The van der Waals surface area contributed by atoms with Crippen molar-refractivity contribution in [2.75, 3.05) is 0 Å². The Kier molecular flexibility index (Phi) is 8.24. The fourth-order valence-electron chi connectivity index (χ4n) is 4.59. The normalized spacial score (nSPS) is 11.8. The van der Waals surface area contributed by atoms with Crippen LogP contribution in [-0.2, 0) is 11.2 Å². The van der Waals surface area contributed by atoms with Gasteiger partial charge in [-0.3, -0.25) is 4.79 Å². The molecule has 0 bridgehead atoms. The number of carboxylic acid groups (broad SMARTS) is 1. The highest BCUT2D eigenvalue weighted by molar-refractivity contribution is 5.97. The van der Waals surface area contributed by atoms with Crippen molar-refractivity contribution in [3.63, 3.8) is 0 Å². The summed E-state index contributed by atoms with van der Waals surface area (Å²) < 4.78 is 20.4. The van der Waals surface area contributed by atoms with Gasteiger partial charge in [0.05, 0.1) is 5.56 Å². The Bertz CT molecular complexity index is 1730. The van der Waals surface area contributed by atoms with Crippen LogP contribution in [0.4, 0.5) is 4.39 Å². The summed E-state index contributed by atoms with van der Waals surface area (Å²) in [6.45, 7) is 6.21. The zero-order valence-electron chi connectivity index (χ0n) is 23.5. The number of nitrogens with one attached hydrogen (secondary N) is 1. The van der Waals surface area contributed by atoms with Crippen LogP contribution >= 0.6 is 0 Å². The van der Waals surface area contributed by atoms with Gasteiger partial charge in [0.2, 0.25) is 5.82 Å². The molecule has 0 aliphatic carbocycles. The number of aliphatic carboxylic acids is 1. The summed E-state index contributed by atoms with van der Waals surface area (Å²) in [6.07, 6.45) is -0.116. The summed E-state index contributed by atoms with van der Waals surface area (Å²) in [6, 6.07) is 25.6. The van der Waals surface area contributed by atoms with E-state index < -0.39 is 23.7 Å². The molecule has 0 fully saturated rings. The minimum atomic E-state index is -1.27. The smallest absolute Gasteiger partial charge is 0.326 e. The molecule has 0 saturated heterocycles. The average molecular weight is 564 g/mol. The molecular weight excluding hydrogens is 533 g/mol. The third-order valence-corrected chi connectivity index (χ3v) is 7.08. The van der Waals surface area contributed by atoms with Crippen molar-refractivity contribution >= 4 is 11.9 Å². The molecule has 8 heteroatoms. The lowest BCUT2D eigenvalue weighted by molar-refractivity contribution is -0.139. The highest BCUT2D eigenvalue weighted by Gasteiger charge is 2.23. The van der Waals surface area contributed by atoms with Crippen molar-refractivity contribution in [2.24, 2.45) is 0 Å². The van der Waals surface area contributed by atoms with Gasteiger partial charge in [-0.15, -0.1) is 0 Å². The Morgan fingerprint density at radius 3 is 2.29 bits per heavy atom. The van der Waals surface area contributed by atoms with Crippen LogP contribution in [0, 0.1) is 12.7 Å². The zero-order chi connectivity index (χ0) is 29.8. The van der Waals surface area contributed by atoms with Crippen LogP contribution in [-0.4, -0.2) is 33.2 Å². The number of hydrogen-bond acceptors (Lipinski definition) is 5. The van der Waals surface area contributed by atoms with E-state index in [2.05, 4.69) is 41.4 Å². The molecule has 7 nitrogen and oxygen atoms in total. The number of halogens is 1. The number of rotatable bonds is 9. The van der Waals surface area contributed by atoms with Gasteiger partial charge in [-0.1, -0.05) is 79.2 Å². The first kappa shape index (κ1) is 28.4. The van der Waals surface area contributed by atoms with Crippen LogP contribution in [0.2, 0.25) is 0 Å². The second-order valence-electron chi connectivity index (χ2n) is 10.5. The summed E-state index contributed by atoms with van der Waals surface area (Å²) in [4.78, 5) is 29.4. The van der Waals surface area contributed by atoms with Crippen LogP contribution in [0.25, 0.3) is 34.0 Å². The lowest BCUT2D eigenvalue weighted by Crippen LogP contribution is -2.42. The van der Waals surface area contributed by atoms with Gasteiger partial charge < -0.3 is 14.9 Å². The third kappa shape index (κ3) is 6.44. The van der Waals surface area contributed by atoms with Gasteiger partial charge in [-0.25, -0.2) is 9.18 Å². The van der Waals surface area contributed by atoms with Crippen molar-refractivity contribution in [2.45, 2.75) is 39.2 Å². The molecule has 0 aliphatic heterocycles. The average Bonchev–Trinajstić information content (AvgIpc) is 3.47. The fraction of sp³-hybridized carbons (Fsp3) is 0.176.